The number of hydrogen-bond donors (Lipinski definition) is 0. The topological polar surface area (TPSA) is 44.1 Å². The van der Waals surface area contributed by atoms with Gasteiger partial charge in [0.15, 0.2) is 0 Å². The van der Waals surface area contributed by atoms with Crippen molar-refractivity contribution in [2.45, 2.75) is 26.7 Å². The molecular weight excluding hydrogens is 276 g/mol. The lowest BCUT2D eigenvalue weighted by molar-refractivity contribution is -0.140. The number of hydrogen-bond acceptors (Lipinski definition) is 3. The van der Waals surface area contributed by atoms with Crippen molar-refractivity contribution in [2.75, 3.05) is 7.11 Å². The van der Waals surface area contributed by atoms with E-state index in [9.17, 15) is 4.79 Å². The third-order valence-corrected chi connectivity index (χ3v) is 3.65. The van der Waals surface area contributed by atoms with Gasteiger partial charge in [0, 0.05) is 12.1 Å². The Kier molecular flexibility index (Phi) is 4.45. The maximum absolute atomic E-state index is 11.3. The van der Waals surface area contributed by atoms with Gasteiger partial charge in [-0.05, 0) is 38.0 Å². The van der Waals surface area contributed by atoms with Gasteiger partial charge in [-0.3, -0.25) is 4.79 Å². The second-order valence-corrected chi connectivity index (χ2v) is 5.00. The molecule has 0 fully saturated rings. The summed E-state index contributed by atoms with van der Waals surface area (Å²) in [5.41, 5.74) is 3.82. The van der Waals surface area contributed by atoms with E-state index in [1.54, 1.807) is 0 Å². The van der Waals surface area contributed by atoms with Crippen LogP contribution in [0.1, 0.15) is 23.4 Å². The normalized spacial score (nSPS) is 10.6. The molecule has 5 heteroatoms. The Hall–Kier alpha value is -1.81. The van der Waals surface area contributed by atoms with E-state index in [2.05, 4.69) is 9.84 Å². The average molecular weight is 293 g/mol. The van der Waals surface area contributed by atoms with Crippen LogP contribution in [0.25, 0.3) is 5.69 Å². The molecule has 4 nitrogen and oxygen atoms in total. The van der Waals surface area contributed by atoms with Gasteiger partial charge in [-0.15, -0.1) is 0 Å². The molecule has 0 saturated carbocycles. The van der Waals surface area contributed by atoms with E-state index in [-0.39, 0.29) is 5.97 Å². The van der Waals surface area contributed by atoms with Crippen LogP contribution >= 0.6 is 11.6 Å². The summed E-state index contributed by atoms with van der Waals surface area (Å²) >= 11 is 6.21. The number of carbonyl (C=O) groups is 1. The molecule has 106 valence electrons. The summed E-state index contributed by atoms with van der Waals surface area (Å²) in [7, 11) is 1.40. The molecule has 1 heterocycles. The van der Waals surface area contributed by atoms with Crippen LogP contribution in [-0.2, 0) is 16.0 Å². The molecule has 0 radical (unpaired) electrons. The van der Waals surface area contributed by atoms with Crippen molar-refractivity contribution in [2.24, 2.45) is 0 Å². The molecule has 0 bridgehead atoms. The third kappa shape index (κ3) is 2.85. The molecule has 2 aromatic rings. The third-order valence-electron chi connectivity index (χ3n) is 3.33. The number of ether oxygens (including phenoxy) is 1. The lowest BCUT2D eigenvalue weighted by Crippen LogP contribution is -2.04. The number of nitrogens with zero attached hydrogens (tertiary/aromatic N) is 2. The molecule has 0 saturated heterocycles. The zero-order valence-corrected chi connectivity index (χ0v) is 12.6. The van der Waals surface area contributed by atoms with E-state index in [0.717, 1.165) is 22.6 Å². The van der Waals surface area contributed by atoms with Gasteiger partial charge in [-0.1, -0.05) is 23.7 Å². The van der Waals surface area contributed by atoms with Gasteiger partial charge in [0.05, 0.1) is 23.5 Å². The van der Waals surface area contributed by atoms with Crippen LogP contribution in [0.4, 0.5) is 0 Å². The SMILES string of the molecule is COC(=O)CCc1c(C)nn(-c2ccccc2Cl)c1C. The highest BCUT2D eigenvalue weighted by Crippen LogP contribution is 2.24. The molecular formula is C15H17ClN2O2. The Morgan fingerprint density at radius 2 is 2.05 bits per heavy atom. The van der Waals surface area contributed by atoms with Crippen molar-refractivity contribution in [1.82, 2.24) is 9.78 Å². The minimum absolute atomic E-state index is 0.214. The zero-order chi connectivity index (χ0) is 14.7. The maximum atomic E-state index is 11.3. The van der Waals surface area contributed by atoms with Crippen molar-refractivity contribution in [3.63, 3.8) is 0 Å². The van der Waals surface area contributed by atoms with Crippen molar-refractivity contribution in [3.8, 4) is 5.69 Å². The van der Waals surface area contributed by atoms with Gasteiger partial charge < -0.3 is 4.74 Å². The number of para-hydroxylation sites is 1. The fraction of sp³-hybridized carbons (Fsp3) is 0.333. The summed E-state index contributed by atoms with van der Waals surface area (Å²) in [6, 6.07) is 7.56. The van der Waals surface area contributed by atoms with Crippen LogP contribution in [-0.4, -0.2) is 22.9 Å². The molecule has 0 aliphatic rings. The van der Waals surface area contributed by atoms with Crippen molar-refractivity contribution in [3.05, 3.63) is 46.2 Å². The van der Waals surface area contributed by atoms with Crippen molar-refractivity contribution < 1.29 is 9.53 Å². The van der Waals surface area contributed by atoms with Crippen LogP contribution in [0, 0.1) is 13.8 Å². The summed E-state index contributed by atoms with van der Waals surface area (Å²) in [5.74, 6) is -0.214. The lowest BCUT2D eigenvalue weighted by Gasteiger charge is -2.07. The summed E-state index contributed by atoms with van der Waals surface area (Å²) < 4.78 is 6.50. The number of rotatable bonds is 4. The first-order chi connectivity index (χ1) is 9.54. The fourth-order valence-corrected chi connectivity index (χ4v) is 2.44. The molecule has 20 heavy (non-hydrogen) atoms. The number of aryl methyl sites for hydroxylation is 1. The number of esters is 1. The highest BCUT2D eigenvalue weighted by molar-refractivity contribution is 6.32. The van der Waals surface area contributed by atoms with Crippen LogP contribution in [0.15, 0.2) is 24.3 Å². The largest absolute Gasteiger partial charge is 0.469 e. The Morgan fingerprint density at radius 3 is 2.70 bits per heavy atom. The number of halogens is 1. The first-order valence-electron chi connectivity index (χ1n) is 6.41. The predicted octanol–water partition coefficient (Wildman–Crippen LogP) is 3.25. The number of aromatic nitrogens is 2. The summed E-state index contributed by atoms with van der Waals surface area (Å²) in [6.45, 7) is 3.92. The molecule has 0 atom stereocenters. The molecule has 1 aromatic heterocycles. The second kappa shape index (κ2) is 6.09. The first kappa shape index (κ1) is 14.6. The van der Waals surface area contributed by atoms with Gasteiger partial charge in [0.2, 0.25) is 0 Å². The van der Waals surface area contributed by atoms with E-state index in [1.807, 2.05) is 42.8 Å². The minimum Gasteiger partial charge on any atom is -0.469 e. The summed E-state index contributed by atoms with van der Waals surface area (Å²) in [5, 5.41) is 5.18. The van der Waals surface area contributed by atoms with E-state index in [1.165, 1.54) is 7.11 Å². The smallest absolute Gasteiger partial charge is 0.305 e. The number of benzene rings is 1. The standard InChI is InChI=1S/C15H17ClN2O2/c1-10-12(8-9-15(19)20-3)11(2)18(17-10)14-7-5-4-6-13(14)16/h4-7H,8-9H2,1-3H3. The molecule has 0 spiro atoms. The van der Waals surface area contributed by atoms with Crippen LogP contribution in [0.3, 0.4) is 0 Å². The Bertz CT molecular complexity index is 635. The van der Waals surface area contributed by atoms with Gasteiger partial charge in [-0.2, -0.15) is 5.10 Å². The maximum Gasteiger partial charge on any atom is 0.305 e. The Balaban J connectivity index is 2.34. The molecule has 0 N–H and O–H groups in total. The van der Waals surface area contributed by atoms with Crippen molar-refractivity contribution in [1.29, 1.82) is 0 Å². The number of methoxy groups -OCH3 is 1. The van der Waals surface area contributed by atoms with E-state index >= 15 is 0 Å². The molecule has 1 aromatic carbocycles. The van der Waals surface area contributed by atoms with E-state index < -0.39 is 0 Å². The quantitative estimate of drug-likeness (QED) is 0.813. The van der Waals surface area contributed by atoms with Gasteiger partial charge in [-0.25, -0.2) is 4.68 Å². The van der Waals surface area contributed by atoms with E-state index in [4.69, 9.17) is 11.6 Å². The molecule has 0 amide bonds. The summed E-state index contributed by atoms with van der Waals surface area (Å²) in [6.07, 6.45) is 0.973. The van der Waals surface area contributed by atoms with Crippen LogP contribution < -0.4 is 0 Å². The monoisotopic (exact) mass is 292 g/mol. The molecule has 0 aliphatic heterocycles. The minimum atomic E-state index is -0.214. The van der Waals surface area contributed by atoms with Crippen LogP contribution in [0.5, 0.6) is 0 Å². The second-order valence-electron chi connectivity index (χ2n) is 4.59. The number of carbonyl (C=O) groups excluding carboxylic acids is 1. The molecule has 0 unspecified atom stereocenters. The zero-order valence-electron chi connectivity index (χ0n) is 11.8. The van der Waals surface area contributed by atoms with Crippen LogP contribution in [0.2, 0.25) is 5.02 Å². The Labute approximate surface area is 123 Å². The lowest BCUT2D eigenvalue weighted by atomic mass is 10.1. The van der Waals surface area contributed by atoms with Gasteiger partial charge >= 0.3 is 5.97 Å². The average Bonchev–Trinajstić information content (AvgIpc) is 2.72. The molecule has 2 rings (SSSR count). The fourth-order valence-electron chi connectivity index (χ4n) is 2.22. The first-order valence-corrected chi connectivity index (χ1v) is 6.79. The van der Waals surface area contributed by atoms with Crippen molar-refractivity contribution >= 4 is 17.6 Å². The van der Waals surface area contributed by atoms with E-state index in [0.29, 0.717) is 17.9 Å². The predicted molar refractivity (Wildman–Crippen MR) is 78.4 cm³/mol. The van der Waals surface area contributed by atoms with Gasteiger partial charge in [0.1, 0.15) is 0 Å². The highest BCUT2D eigenvalue weighted by atomic mass is 35.5. The molecule has 0 aliphatic carbocycles. The highest BCUT2D eigenvalue weighted by Gasteiger charge is 2.15. The summed E-state index contributed by atoms with van der Waals surface area (Å²) in [4.78, 5) is 11.3. The van der Waals surface area contributed by atoms with Gasteiger partial charge in [0.25, 0.3) is 0 Å². The Morgan fingerprint density at radius 1 is 1.35 bits per heavy atom.